The summed E-state index contributed by atoms with van der Waals surface area (Å²) in [5.74, 6) is 0.00596. The van der Waals surface area contributed by atoms with Crippen molar-refractivity contribution in [3.05, 3.63) is 66.0 Å². The molecule has 0 N–H and O–H groups in total. The molecule has 0 aliphatic carbocycles. The predicted molar refractivity (Wildman–Crippen MR) is 123 cm³/mol. The van der Waals surface area contributed by atoms with Gasteiger partial charge in [-0.25, -0.2) is 4.39 Å². The molecule has 2 aromatic carbocycles. The summed E-state index contributed by atoms with van der Waals surface area (Å²) in [6.07, 6.45) is 4.20. The van der Waals surface area contributed by atoms with Gasteiger partial charge in [-0.1, -0.05) is 30.3 Å². The minimum atomic E-state index is -0.727. The smallest absolute Gasteiger partial charge is 0.195 e. The quantitative estimate of drug-likeness (QED) is 0.549. The fraction of sp³-hybridized carbons (Fsp3) is 0.538. The second-order valence-electron chi connectivity index (χ2n) is 8.84. The highest BCUT2D eigenvalue weighted by atomic mass is 19.1. The Hall–Kier alpha value is -1.99. The number of piperidine rings is 1. The number of likely N-dealkylation sites (tertiary alicyclic amines) is 1. The Morgan fingerprint density at radius 3 is 2.38 bits per heavy atom. The van der Waals surface area contributed by atoms with Gasteiger partial charge in [0.2, 0.25) is 0 Å². The second kappa shape index (κ2) is 11.2. The van der Waals surface area contributed by atoms with Crippen LogP contribution in [-0.4, -0.2) is 68.9 Å². The maximum Gasteiger partial charge on any atom is 0.195 e. The van der Waals surface area contributed by atoms with E-state index in [9.17, 15) is 4.39 Å². The van der Waals surface area contributed by atoms with Crippen LogP contribution in [0.15, 0.2) is 54.6 Å². The van der Waals surface area contributed by atoms with E-state index >= 15 is 0 Å². The summed E-state index contributed by atoms with van der Waals surface area (Å²) in [6, 6.07) is 16.6. The molecule has 4 rings (SSSR count). The topological polar surface area (TPSA) is 34.2 Å². The standard InChI is InChI=1S/C26H35FN2O3/c1-28(15-5-14-26(30-20-21-31-26)22-8-10-23(27)11-9-22)18-19-29-16-12-25(13-17-29)32-24-6-3-2-4-7-24/h2-4,6-11,25H,5,12-21H2,1H3. The molecule has 174 valence electrons. The summed E-state index contributed by atoms with van der Waals surface area (Å²) >= 11 is 0. The molecular formula is C26H35FN2O3. The van der Waals surface area contributed by atoms with Gasteiger partial charge in [-0.2, -0.15) is 0 Å². The van der Waals surface area contributed by atoms with Crippen molar-refractivity contribution in [2.24, 2.45) is 0 Å². The van der Waals surface area contributed by atoms with Crippen LogP contribution in [0.2, 0.25) is 0 Å². The number of para-hydroxylation sites is 1. The molecule has 32 heavy (non-hydrogen) atoms. The van der Waals surface area contributed by atoms with Crippen LogP contribution in [0, 0.1) is 5.82 Å². The van der Waals surface area contributed by atoms with Crippen molar-refractivity contribution >= 4 is 0 Å². The molecule has 0 unspecified atom stereocenters. The van der Waals surface area contributed by atoms with Gasteiger partial charge in [0, 0.05) is 38.2 Å². The Labute approximate surface area is 191 Å². The monoisotopic (exact) mass is 442 g/mol. The zero-order chi connectivity index (χ0) is 22.2. The molecule has 5 nitrogen and oxygen atoms in total. The van der Waals surface area contributed by atoms with Crippen LogP contribution < -0.4 is 4.74 Å². The molecular weight excluding hydrogens is 407 g/mol. The van der Waals surface area contributed by atoms with E-state index in [1.807, 2.05) is 30.3 Å². The first-order valence-electron chi connectivity index (χ1n) is 11.8. The Morgan fingerprint density at radius 1 is 1.00 bits per heavy atom. The van der Waals surface area contributed by atoms with Crippen molar-refractivity contribution in [1.29, 1.82) is 0 Å². The van der Waals surface area contributed by atoms with Crippen LogP contribution in [0.25, 0.3) is 0 Å². The first-order chi connectivity index (χ1) is 15.6. The van der Waals surface area contributed by atoms with Crippen LogP contribution >= 0.6 is 0 Å². The Balaban J connectivity index is 1.15. The Kier molecular flexibility index (Phi) is 8.14. The van der Waals surface area contributed by atoms with Gasteiger partial charge in [-0.3, -0.25) is 0 Å². The molecule has 0 bridgehead atoms. The van der Waals surface area contributed by atoms with E-state index in [0.717, 1.165) is 69.7 Å². The molecule has 0 radical (unpaired) electrons. The summed E-state index contributed by atoms with van der Waals surface area (Å²) in [6.45, 7) is 6.42. The zero-order valence-corrected chi connectivity index (χ0v) is 19.0. The molecule has 2 fully saturated rings. The number of hydrogen-bond donors (Lipinski definition) is 0. The van der Waals surface area contributed by atoms with Gasteiger partial charge < -0.3 is 24.0 Å². The van der Waals surface area contributed by atoms with Gasteiger partial charge in [0.25, 0.3) is 0 Å². The van der Waals surface area contributed by atoms with E-state index in [4.69, 9.17) is 14.2 Å². The number of hydrogen-bond acceptors (Lipinski definition) is 5. The lowest BCUT2D eigenvalue weighted by Gasteiger charge is -2.33. The van der Waals surface area contributed by atoms with Gasteiger partial charge in [0.1, 0.15) is 17.7 Å². The molecule has 0 aromatic heterocycles. The third-order valence-electron chi connectivity index (χ3n) is 6.46. The molecule has 2 heterocycles. The van der Waals surface area contributed by atoms with Crippen molar-refractivity contribution in [3.63, 3.8) is 0 Å². The molecule has 2 saturated heterocycles. The zero-order valence-electron chi connectivity index (χ0n) is 19.0. The summed E-state index contributed by atoms with van der Waals surface area (Å²) in [7, 11) is 2.17. The maximum absolute atomic E-state index is 13.3. The van der Waals surface area contributed by atoms with E-state index in [-0.39, 0.29) is 5.82 Å². The lowest BCUT2D eigenvalue weighted by molar-refractivity contribution is -0.172. The number of ether oxygens (including phenoxy) is 3. The summed E-state index contributed by atoms with van der Waals surface area (Å²) in [5, 5.41) is 0. The Bertz CT molecular complexity index is 804. The molecule has 0 amide bonds. The van der Waals surface area contributed by atoms with E-state index < -0.39 is 5.79 Å². The van der Waals surface area contributed by atoms with Crippen molar-refractivity contribution in [2.45, 2.75) is 37.6 Å². The minimum absolute atomic E-state index is 0.239. The van der Waals surface area contributed by atoms with Gasteiger partial charge in [0.05, 0.1) is 13.2 Å². The first kappa shape index (κ1) is 23.2. The van der Waals surface area contributed by atoms with Gasteiger partial charge >= 0.3 is 0 Å². The van der Waals surface area contributed by atoms with E-state index in [2.05, 4.69) is 16.8 Å². The molecule has 2 aliphatic heterocycles. The molecule has 2 aromatic rings. The lowest BCUT2D eigenvalue weighted by Crippen LogP contribution is -2.41. The average Bonchev–Trinajstić information content (AvgIpc) is 3.30. The number of benzene rings is 2. The lowest BCUT2D eigenvalue weighted by atomic mass is 10.0. The number of rotatable bonds is 10. The van der Waals surface area contributed by atoms with Gasteiger partial charge in [-0.05, 0) is 57.1 Å². The molecule has 6 heteroatoms. The third-order valence-corrected chi connectivity index (χ3v) is 6.46. The highest BCUT2D eigenvalue weighted by Gasteiger charge is 2.38. The summed E-state index contributed by atoms with van der Waals surface area (Å²) in [4.78, 5) is 4.91. The normalized spacial score (nSPS) is 19.5. The van der Waals surface area contributed by atoms with Crippen molar-refractivity contribution in [3.8, 4) is 5.75 Å². The third kappa shape index (κ3) is 6.29. The van der Waals surface area contributed by atoms with Crippen molar-refractivity contribution in [2.75, 3.05) is 53.0 Å². The summed E-state index contributed by atoms with van der Waals surface area (Å²) < 4.78 is 31.4. The molecule has 0 atom stereocenters. The average molecular weight is 443 g/mol. The van der Waals surface area contributed by atoms with Crippen LogP contribution in [0.5, 0.6) is 5.75 Å². The first-order valence-corrected chi connectivity index (χ1v) is 11.8. The van der Waals surface area contributed by atoms with Crippen molar-refractivity contribution in [1.82, 2.24) is 9.80 Å². The van der Waals surface area contributed by atoms with Crippen LogP contribution in [0.1, 0.15) is 31.2 Å². The van der Waals surface area contributed by atoms with E-state index in [0.29, 0.717) is 19.3 Å². The van der Waals surface area contributed by atoms with Gasteiger partial charge in [0.15, 0.2) is 5.79 Å². The van der Waals surface area contributed by atoms with Crippen LogP contribution in [0.4, 0.5) is 4.39 Å². The molecule has 2 aliphatic rings. The maximum atomic E-state index is 13.3. The second-order valence-corrected chi connectivity index (χ2v) is 8.84. The van der Waals surface area contributed by atoms with E-state index in [1.165, 1.54) is 12.1 Å². The van der Waals surface area contributed by atoms with Gasteiger partial charge in [-0.15, -0.1) is 0 Å². The molecule has 0 spiro atoms. The van der Waals surface area contributed by atoms with Crippen molar-refractivity contribution < 1.29 is 18.6 Å². The fourth-order valence-electron chi connectivity index (χ4n) is 4.56. The number of halogens is 1. The Morgan fingerprint density at radius 2 is 1.69 bits per heavy atom. The van der Waals surface area contributed by atoms with Crippen LogP contribution in [-0.2, 0) is 15.3 Å². The number of likely N-dealkylation sites (N-methyl/N-ethyl adjacent to an activating group) is 1. The minimum Gasteiger partial charge on any atom is -0.490 e. The summed E-state index contributed by atoms with van der Waals surface area (Å²) in [5.41, 5.74) is 0.902. The highest BCUT2D eigenvalue weighted by Crippen LogP contribution is 2.36. The van der Waals surface area contributed by atoms with E-state index in [1.54, 1.807) is 12.1 Å². The fourth-order valence-corrected chi connectivity index (χ4v) is 4.56. The largest absolute Gasteiger partial charge is 0.490 e. The SMILES string of the molecule is CN(CCCC1(c2ccc(F)cc2)OCCO1)CCN1CCC(Oc2ccccc2)CC1. The predicted octanol–water partition coefficient (Wildman–Crippen LogP) is 4.28. The number of nitrogens with zero attached hydrogens (tertiary/aromatic N) is 2. The van der Waals surface area contributed by atoms with Crippen LogP contribution in [0.3, 0.4) is 0 Å². The highest BCUT2D eigenvalue weighted by molar-refractivity contribution is 5.22. The molecule has 0 saturated carbocycles.